The Morgan fingerprint density at radius 3 is 2.77 bits per heavy atom. The molecule has 1 amide bonds. The molecule has 0 saturated carbocycles. The highest BCUT2D eigenvalue weighted by Gasteiger charge is 2.36. The topological polar surface area (TPSA) is 72.4 Å². The minimum atomic E-state index is -0.129. The minimum absolute atomic E-state index is 0.128. The van der Waals surface area contributed by atoms with Gasteiger partial charge in [-0.05, 0) is 32.8 Å². The van der Waals surface area contributed by atoms with Crippen molar-refractivity contribution in [2.45, 2.75) is 32.7 Å². The van der Waals surface area contributed by atoms with Gasteiger partial charge in [0, 0.05) is 18.2 Å². The summed E-state index contributed by atoms with van der Waals surface area (Å²) in [6.07, 6.45) is 1.74. The molecule has 0 bridgehead atoms. The van der Waals surface area contributed by atoms with Crippen molar-refractivity contribution in [3.8, 4) is 11.3 Å². The first kappa shape index (κ1) is 16.8. The Bertz CT molecular complexity index is 963. The predicted molar refractivity (Wildman–Crippen MR) is 95.9 cm³/mol. The SMILES string of the molecule is Cc1cc([C@@H]2CCCN2C(=O)c2c(-c3ccccc3Cl)noc2C)on1. The highest BCUT2D eigenvalue weighted by molar-refractivity contribution is 6.33. The van der Waals surface area contributed by atoms with Crippen LogP contribution in [0.3, 0.4) is 0 Å². The molecule has 0 N–H and O–H groups in total. The second-order valence-corrected chi connectivity index (χ2v) is 6.88. The molecule has 1 fully saturated rings. The molecule has 3 heterocycles. The van der Waals surface area contributed by atoms with Gasteiger partial charge in [-0.3, -0.25) is 4.79 Å². The van der Waals surface area contributed by atoms with E-state index in [0.29, 0.717) is 39.9 Å². The maximum Gasteiger partial charge on any atom is 0.260 e. The quantitative estimate of drug-likeness (QED) is 0.673. The average molecular weight is 372 g/mol. The number of aromatic nitrogens is 2. The number of amides is 1. The Kier molecular flexibility index (Phi) is 4.28. The van der Waals surface area contributed by atoms with E-state index in [2.05, 4.69) is 10.3 Å². The van der Waals surface area contributed by atoms with Crippen LogP contribution in [0.25, 0.3) is 11.3 Å². The molecule has 2 aromatic heterocycles. The van der Waals surface area contributed by atoms with E-state index in [1.807, 2.05) is 31.2 Å². The molecule has 4 rings (SSSR count). The van der Waals surface area contributed by atoms with Crippen LogP contribution < -0.4 is 0 Å². The Morgan fingerprint density at radius 1 is 1.23 bits per heavy atom. The van der Waals surface area contributed by atoms with Crippen LogP contribution in [0.5, 0.6) is 0 Å². The largest absolute Gasteiger partial charge is 0.360 e. The van der Waals surface area contributed by atoms with Gasteiger partial charge in [0.2, 0.25) is 0 Å². The van der Waals surface area contributed by atoms with Crippen molar-refractivity contribution in [2.24, 2.45) is 0 Å². The standard InChI is InChI=1S/C19H18ClN3O3/c1-11-10-16(26-21-11)15-8-5-9-23(15)19(24)17-12(2)25-22-18(17)13-6-3-4-7-14(13)20/h3-4,6-7,10,15H,5,8-9H2,1-2H3/t15-/m0/s1. The monoisotopic (exact) mass is 371 g/mol. The van der Waals surface area contributed by atoms with E-state index in [0.717, 1.165) is 18.5 Å². The summed E-state index contributed by atoms with van der Waals surface area (Å²) in [6, 6.07) is 9.05. The molecule has 1 aromatic carbocycles. The van der Waals surface area contributed by atoms with Crippen molar-refractivity contribution < 1.29 is 13.8 Å². The van der Waals surface area contributed by atoms with Gasteiger partial charge in [-0.1, -0.05) is 40.1 Å². The Hall–Kier alpha value is -2.60. The van der Waals surface area contributed by atoms with Crippen LogP contribution in [0.15, 0.2) is 39.4 Å². The lowest BCUT2D eigenvalue weighted by molar-refractivity contribution is 0.0713. The number of carbonyl (C=O) groups excluding carboxylic acids is 1. The molecular weight excluding hydrogens is 354 g/mol. The number of hydrogen-bond acceptors (Lipinski definition) is 5. The zero-order valence-corrected chi connectivity index (χ0v) is 15.3. The molecule has 1 atom stereocenters. The maximum atomic E-state index is 13.3. The fourth-order valence-corrected chi connectivity index (χ4v) is 3.68. The van der Waals surface area contributed by atoms with Crippen LogP contribution in [-0.2, 0) is 0 Å². The smallest absolute Gasteiger partial charge is 0.260 e. The first-order chi connectivity index (χ1) is 12.6. The van der Waals surface area contributed by atoms with Gasteiger partial charge in [-0.25, -0.2) is 0 Å². The van der Waals surface area contributed by atoms with Crippen LogP contribution in [0.1, 0.15) is 46.5 Å². The number of halogens is 1. The van der Waals surface area contributed by atoms with Crippen molar-refractivity contribution >= 4 is 17.5 Å². The summed E-state index contributed by atoms with van der Waals surface area (Å²) in [4.78, 5) is 15.2. The highest BCUT2D eigenvalue weighted by atomic mass is 35.5. The second kappa shape index (κ2) is 6.61. The number of nitrogens with zero attached hydrogens (tertiary/aromatic N) is 3. The van der Waals surface area contributed by atoms with Crippen molar-refractivity contribution in [1.82, 2.24) is 15.2 Å². The van der Waals surface area contributed by atoms with Crippen molar-refractivity contribution in [2.75, 3.05) is 6.54 Å². The normalized spacial score (nSPS) is 17.0. The van der Waals surface area contributed by atoms with E-state index < -0.39 is 0 Å². The van der Waals surface area contributed by atoms with Crippen LogP contribution in [0.4, 0.5) is 0 Å². The molecule has 1 saturated heterocycles. The van der Waals surface area contributed by atoms with Crippen LogP contribution >= 0.6 is 11.6 Å². The Labute approximate surface area is 155 Å². The van der Waals surface area contributed by atoms with Gasteiger partial charge >= 0.3 is 0 Å². The van der Waals surface area contributed by atoms with E-state index in [1.54, 1.807) is 17.9 Å². The number of likely N-dealkylation sites (tertiary alicyclic amines) is 1. The van der Waals surface area contributed by atoms with Crippen LogP contribution in [-0.4, -0.2) is 27.7 Å². The lowest BCUT2D eigenvalue weighted by atomic mass is 10.0. The average Bonchev–Trinajstić information content (AvgIpc) is 3.34. The van der Waals surface area contributed by atoms with Gasteiger partial charge in [0.1, 0.15) is 17.0 Å². The Balaban J connectivity index is 1.73. The lowest BCUT2D eigenvalue weighted by Crippen LogP contribution is -2.31. The van der Waals surface area contributed by atoms with Gasteiger partial charge in [0.25, 0.3) is 5.91 Å². The molecule has 26 heavy (non-hydrogen) atoms. The molecular formula is C19H18ClN3O3. The Morgan fingerprint density at radius 2 is 2.04 bits per heavy atom. The molecule has 0 unspecified atom stereocenters. The van der Waals surface area contributed by atoms with Gasteiger partial charge in [-0.15, -0.1) is 0 Å². The van der Waals surface area contributed by atoms with Crippen molar-refractivity contribution in [1.29, 1.82) is 0 Å². The summed E-state index contributed by atoms with van der Waals surface area (Å²) in [5.41, 5.74) is 2.40. The van der Waals surface area contributed by atoms with Crippen LogP contribution in [0, 0.1) is 13.8 Å². The number of carbonyl (C=O) groups is 1. The third-order valence-electron chi connectivity index (χ3n) is 4.69. The van der Waals surface area contributed by atoms with Crippen LogP contribution in [0.2, 0.25) is 5.02 Å². The lowest BCUT2D eigenvalue weighted by Gasteiger charge is -2.22. The minimum Gasteiger partial charge on any atom is -0.360 e. The highest BCUT2D eigenvalue weighted by Crippen LogP contribution is 2.37. The molecule has 0 spiro atoms. The molecule has 6 nitrogen and oxygen atoms in total. The molecule has 3 aromatic rings. The van der Waals surface area contributed by atoms with E-state index in [9.17, 15) is 4.79 Å². The number of benzene rings is 1. The molecule has 7 heteroatoms. The van der Waals surface area contributed by atoms with E-state index in [-0.39, 0.29) is 11.9 Å². The first-order valence-electron chi connectivity index (χ1n) is 8.51. The third kappa shape index (κ3) is 2.80. The van der Waals surface area contributed by atoms with Gasteiger partial charge in [0.15, 0.2) is 5.76 Å². The maximum absolute atomic E-state index is 13.3. The zero-order chi connectivity index (χ0) is 18.3. The third-order valence-corrected chi connectivity index (χ3v) is 5.02. The molecule has 0 radical (unpaired) electrons. The molecule has 1 aliphatic rings. The number of aryl methyl sites for hydroxylation is 2. The fraction of sp³-hybridized carbons (Fsp3) is 0.316. The predicted octanol–water partition coefficient (Wildman–Crippen LogP) is 4.58. The number of rotatable bonds is 3. The molecule has 1 aliphatic heterocycles. The first-order valence-corrected chi connectivity index (χ1v) is 8.89. The summed E-state index contributed by atoms with van der Waals surface area (Å²) in [5, 5.41) is 8.58. The summed E-state index contributed by atoms with van der Waals surface area (Å²) in [6.45, 7) is 4.26. The molecule has 134 valence electrons. The van der Waals surface area contributed by atoms with E-state index in [1.165, 1.54) is 0 Å². The summed E-state index contributed by atoms with van der Waals surface area (Å²) < 4.78 is 10.7. The van der Waals surface area contributed by atoms with E-state index in [4.69, 9.17) is 20.6 Å². The molecule has 0 aliphatic carbocycles. The second-order valence-electron chi connectivity index (χ2n) is 6.47. The van der Waals surface area contributed by atoms with Crippen molar-refractivity contribution in [3.63, 3.8) is 0 Å². The summed E-state index contributed by atoms with van der Waals surface area (Å²) in [7, 11) is 0. The van der Waals surface area contributed by atoms with Gasteiger partial charge < -0.3 is 13.9 Å². The van der Waals surface area contributed by atoms with Gasteiger partial charge in [0.05, 0.1) is 16.8 Å². The summed E-state index contributed by atoms with van der Waals surface area (Å²) in [5.74, 6) is 1.06. The van der Waals surface area contributed by atoms with Gasteiger partial charge in [-0.2, -0.15) is 0 Å². The van der Waals surface area contributed by atoms with Crippen molar-refractivity contribution in [3.05, 3.63) is 58.1 Å². The zero-order valence-electron chi connectivity index (χ0n) is 14.5. The number of hydrogen-bond donors (Lipinski definition) is 0. The van der Waals surface area contributed by atoms with E-state index >= 15 is 0 Å². The summed E-state index contributed by atoms with van der Waals surface area (Å²) >= 11 is 6.30. The fourth-order valence-electron chi connectivity index (χ4n) is 3.45.